The van der Waals surface area contributed by atoms with Crippen LogP contribution in [0.25, 0.3) is 0 Å². The van der Waals surface area contributed by atoms with E-state index in [2.05, 4.69) is 0 Å². The lowest BCUT2D eigenvalue weighted by atomic mass is 10.1. The highest BCUT2D eigenvalue weighted by atomic mass is 16.2. The first-order chi connectivity index (χ1) is 8.95. The number of carbonyl (C=O) groups excluding carboxylic acids is 2. The Morgan fingerprint density at radius 1 is 1.21 bits per heavy atom. The van der Waals surface area contributed by atoms with Gasteiger partial charge in [0.15, 0.2) is 5.78 Å². The molecule has 1 amide bonds. The van der Waals surface area contributed by atoms with Gasteiger partial charge in [0.25, 0.3) is 0 Å². The highest BCUT2D eigenvalue weighted by Gasteiger charge is 2.22. The molecule has 0 aromatic heterocycles. The van der Waals surface area contributed by atoms with E-state index in [4.69, 9.17) is 0 Å². The summed E-state index contributed by atoms with van der Waals surface area (Å²) in [6.07, 6.45) is 1.22. The van der Waals surface area contributed by atoms with E-state index in [0.29, 0.717) is 13.0 Å². The van der Waals surface area contributed by atoms with E-state index in [1.165, 1.54) is 12.5 Å². The standard InChI is InChI=1S/C16H23NO2/c1-5-10-17(13(3)14(4)18)16(19)11-15-8-6-12(2)7-9-15/h6-9,13H,5,10-11H2,1-4H3/t13-/m1/s1. The van der Waals surface area contributed by atoms with Crippen molar-refractivity contribution in [3.05, 3.63) is 35.4 Å². The topological polar surface area (TPSA) is 37.4 Å². The van der Waals surface area contributed by atoms with Crippen LogP contribution in [0, 0.1) is 6.92 Å². The number of nitrogens with zero attached hydrogens (tertiary/aromatic N) is 1. The molecule has 0 spiro atoms. The number of hydrogen-bond donors (Lipinski definition) is 0. The summed E-state index contributed by atoms with van der Waals surface area (Å²) in [7, 11) is 0. The molecular formula is C16H23NO2. The highest BCUT2D eigenvalue weighted by molar-refractivity contribution is 5.88. The zero-order valence-electron chi connectivity index (χ0n) is 12.3. The van der Waals surface area contributed by atoms with Crippen LogP contribution in [-0.4, -0.2) is 29.2 Å². The van der Waals surface area contributed by atoms with Gasteiger partial charge in [-0.2, -0.15) is 0 Å². The van der Waals surface area contributed by atoms with Gasteiger partial charge in [-0.15, -0.1) is 0 Å². The number of hydrogen-bond acceptors (Lipinski definition) is 2. The minimum atomic E-state index is -0.335. The van der Waals surface area contributed by atoms with Gasteiger partial charge in [-0.05, 0) is 32.8 Å². The summed E-state index contributed by atoms with van der Waals surface area (Å²) in [6, 6.07) is 7.60. The van der Waals surface area contributed by atoms with Gasteiger partial charge >= 0.3 is 0 Å². The van der Waals surface area contributed by atoms with Crippen LogP contribution in [0.3, 0.4) is 0 Å². The molecule has 1 aromatic carbocycles. The first kappa shape index (κ1) is 15.4. The lowest BCUT2D eigenvalue weighted by Crippen LogP contribution is -2.43. The first-order valence-corrected chi connectivity index (χ1v) is 6.81. The molecule has 1 aromatic rings. The number of carbonyl (C=O) groups is 2. The molecule has 0 radical (unpaired) electrons. The maximum absolute atomic E-state index is 12.3. The van der Waals surface area contributed by atoms with Gasteiger partial charge in [-0.25, -0.2) is 0 Å². The van der Waals surface area contributed by atoms with Crippen LogP contribution in [0.4, 0.5) is 0 Å². The van der Waals surface area contributed by atoms with Crippen molar-refractivity contribution in [1.82, 2.24) is 4.90 Å². The summed E-state index contributed by atoms with van der Waals surface area (Å²) >= 11 is 0. The molecule has 19 heavy (non-hydrogen) atoms. The summed E-state index contributed by atoms with van der Waals surface area (Å²) in [5.74, 6) is 0.0547. The third-order valence-electron chi connectivity index (χ3n) is 3.32. The summed E-state index contributed by atoms with van der Waals surface area (Å²) in [4.78, 5) is 25.5. The zero-order chi connectivity index (χ0) is 14.4. The first-order valence-electron chi connectivity index (χ1n) is 6.81. The predicted molar refractivity (Wildman–Crippen MR) is 77.0 cm³/mol. The van der Waals surface area contributed by atoms with E-state index in [1.54, 1.807) is 11.8 Å². The molecule has 0 saturated heterocycles. The van der Waals surface area contributed by atoms with Crippen molar-refractivity contribution in [2.24, 2.45) is 0 Å². The molecule has 0 heterocycles. The Kier molecular flexibility index (Phi) is 5.74. The van der Waals surface area contributed by atoms with Gasteiger partial charge < -0.3 is 4.90 Å². The average molecular weight is 261 g/mol. The summed E-state index contributed by atoms with van der Waals surface area (Å²) < 4.78 is 0. The molecule has 0 unspecified atom stereocenters. The van der Waals surface area contributed by atoms with Gasteiger partial charge in [0, 0.05) is 6.54 Å². The van der Waals surface area contributed by atoms with Crippen LogP contribution in [0.5, 0.6) is 0 Å². The van der Waals surface area contributed by atoms with Gasteiger partial charge in [-0.3, -0.25) is 9.59 Å². The van der Waals surface area contributed by atoms with Crippen molar-refractivity contribution in [2.45, 2.75) is 46.6 Å². The lowest BCUT2D eigenvalue weighted by molar-refractivity contribution is -0.137. The zero-order valence-corrected chi connectivity index (χ0v) is 12.3. The number of rotatable bonds is 6. The van der Waals surface area contributed by atoms with Crippen LogP contribution in [-0.2, 0) is 16.0 Å². The Hall–Kier alpha value is -1.64. The van der Waals surface area contributed by atoms with E-state index >= 15 is 0 Å². The molecule has 0 aliphatic rings. The molecular weight excluding hydrogens is 238 g/mol. The number of benzene rings is 1. The van der Waals surface area contributed by atoms with E-state index < -0.39 is 0 Å². The average Bonchev–Trinajstić information content (AvgIpc) is 2.37. The van der Waals surface area contributed by atoms with E-state index in [-0.39, 0.29) is 17.7 Å². The molecule has 0 N–H and O–H groups in total. The molecule has 104 valence electrons. The third kappa shape index (κ3) is 4.51. The minimum absolute atomic E-state index is 0.0217. The lowest BCUT2D eigenvalue weighted by Gasteiger charge is -2.27. The van der Waals surface area contributed by atoms with Crippen LogP contribution < -0.4 is 0 Å². The van der Waals surface area contributed by atoms with Crippen molar-refractivity contribution in [1.29, 1.82) is 0 Å². The molecule has 3 heteroatoms. The largest absolute Gasteiger partial charge is 0.333 e. The van der Waals surface area contributed by atoms with Crippen molar-refractivity contribution in [3.8, 4) is 0 Å². The van der Waals surface area contributed by atoms with E-state index in [9.17, 15) is 9.59 Å². The Balaban J connectivity index is 2.77. The Bertz CT molecular complexity index is 437. The molecule has 0 aliphatic carbocycles. The number of amides is 1. The fourth-order valence-corrected chi connectivity index (χ4v) is 1.98. The molecule has 0 bridgehead atoms. The van der Waals surface area contributed by atoms with Gasteiger partial charge in [0.1, 0.15) is 0 Å². The fraction of sp³-hybridized carbons (Fsp3) is 0.500. The number of aryl methyl sites for hydroxylation is 1. The van der Waals surface area contributed by atoms with Crippen LogP contribution in [0.2, 0.25) is 0 Å². The van der Waals surface area contributed by atoms with Crippen molar-refractivity contribution in [3.63, 3.8) is 0 Å². The Morgan fingerprint density at radius 3 is 2.26 bits per heavy atom. The minimum Gasteiger partial charge on any atom is -0.333 e. The Morgan fingerprint density at radius 2 is 1.79 bits per heavy atom. The summed E-state index contributed by atoms with van der Waals surface area (Å²) in [6.45, 7) is 7.99. The predicted octanol–water partition coefficient (Wildman–Crippen LogP) is 2.75. The normalized spacial score (nSPS) is 12.0. The van der Waals surface area contributed by atoms with Crippen LogP contribution in [0.1, 0.15) is 38.3 Å². The van der Waals surface area contributed by atoms with Crippen molar-refractivity contribution >= 4 is 11.7 Å². The molecule has 1 rings (SSSR count). The second-order valence-electron chi connectivity index (χ2n) is 5.04. The fourth-order valence-electron chi connectivity index (χ4n) is 1.98. The molecule has 0 saturated carbocycles. The van der Waals surface area contributed by atoms with Crippen molar-refractivity contribution in [2.75, 3.05) is 6.54 Å². The molecule has 1 atom stereocenters. The number of ketones is 1. The smallest absolute Gasteiger partial charge is 0.227 e. The molecule has 0 fully saturated rings. The second kappa shape index (κ2) is 7.07. The van der Waals surface area contributed by atoms with Gasteiger partial charge in [0.05, 0.1) is 12.5 Å². The third-order valence-corrected chi connectivity index (χ3v) is 3.32. The summed E-state index contributed by atoms with van der Waals surface area (Å²) in [5.41, 5.74) is 2.17. The highest BCUT2D eigenvalue weighted by Crippen LogP contribution is 2.09. The van der Waals surface area contributed by atoms with Crippen molar-refractivity contribution < 1.29 is 9.59 Å². The maximum atomic E-state index is 12.3. The Labute approximate surface area is 115 Å². The van der Waals surface area contributed by atoms with Crippen LogP contribution in [0.15, 0.2) is 24.3 Å². The van der Waals surface area contributed by atoms with E-state index in [1.807, 2.05) is 38.1 Å². The quantitative estimate of drug-likeness (QED) is 0.789. The second-order valence-corrected chi connectivity index (χ2v) is 5.04. The monoisotopic (exact) mass is 261 g/mol. The van der Waals surface area contributed by atoms with Gasteiger partial charge in [-0.1, -0.05) is 36.8 Å². The molecule has 0 aliphatic heterocycles. The summed E-state index contributed by atoms with van der Waals surface area (Å²) in [5, 5.41) is 0. The van der Waals surface area contributed by atoms with E-state index in [0.717, 1.165) is 12.0 Å². The SMILES string of the molecule is CCCN(C(=O)Cc1ccc(C)cc1)[C@H](C)C(C)=O. The number of Topliss-reactive ketones (excluding diaryl/α,β-unsaturated/α-hetero) is 1. The van der Waals surface area contributed by atoms with Crippen LogP contribution >= 0.6 is 0 Å². The molecule has 3 nitrogen and oxygen atoms in total. The maximum Gasteiger partial charge on any atom is 0.227 e. The van der Waals surface area contributed by atoms with Gasteiger partial charge in [0.2, 0.25) is 5.91 Å².